The summed E-state index contributed by atoms with van der Waals surface area (Å²) in [6, 6.07) is 8.40. The van der Waals surface area contributed by atoms with Crippen molar-refractivity contribution < 1.29 is 9.47 Å². The number of hydrogen-bond donors (Lipinski definition) is 1. The number of hydrogen-bond acceptors (Lipinski definition) is 3. The largest absolute Gasteiger partial charge is 0.493 e. The topological polar surface area (TPSA) is 30.5 Å². The highest BCUT2D eigenvalue weighted by atomic mass is 16.5. The summed E-state index contributed by atoms with van der Waals surface area (Å²) in [4.78, 5) is 0. The van der Waals surface area contributed by atoms with E-state index in [0.29, 0.717) is 11.8 Å². The van der Waals surface area contributed by atoms with Gasteiger partial charge in [-0.2, -0.15) is 0 Å². The lowest BCUT2D eigenvalue weighted by Crippen LogP contribution is -2.25. The molecule has 1 N–H and O–H groups in total. The van der Waals surface area contributed by atoms with E-state index in [2.05, 4.69) is 30.4 Å². The van der Waals surface area contributed by atoms with E-state index in [1.54, 1.807) is 7.11 Å². The highest BCUT2D eigenvalue weighted by Gasteiger charge is 2.24. The molecule has 3 nitrogen and oxygen atoms in total. The third-order valence-corrected chi connectivity index (χ3v) is 3.46. The summed E-state index contributed by atoms with van der Waals surface area (Å²) >= 11 is 0. The molecule has 1 aliphatic heterocycles. The summed E-state index contributed by atoms with van der Waals surface area (Å²) in [7, 11) is 1.73. The Hall–Kier alpha value is -1.06. The Labute approximate surface area is 109 Å². The van der Waals surface area contributed by atoms with Crippen LogP contribution >= 0.6 is 0 Å². The van der Waals surface area contributed by atoms with Crippen LogP contribution in [0, 0.1) is 5.92 Å². The van der Waals surface area contributed by atoms with Crippen molar-refractivity contribution in [3.8, 4) is 5.75 Å². The fourth-order valence-corrected chi connectivity index (χ4v) is 2.52. The molecule has 0 spiro atoms. The van der Waals surface area contributed by atoms with Crippen LogP contribution in [0.5, 0.6) is 5.75 Å². The number of rotatable bonds is 7. The van der Waals surface area contributed by atoms with Crippen LogP contribution in [0.3, 0.4) is 0 Å². The van der Waals surface area contributed by atoms with Crippen LogP contribution in [0.1, 0.15) is 24.8 Å². The molecule has 3 heteroatoms. The molecule has 0 saturated heterocycles. The molecule has 0 saturated carbocycles. The quantitative estimate of drug-likeness (QED) is 0.753. The molecule has 0 aliphatic carbocycles. The van der Waals surface area contributed by atoms with Crippen LogP contribution in [-0.2, 0) is 4.74 Å². The van der Waals surface area contributed by atoms with Crippen molar-refractivity contribution >= 4 is 0 Å². The van der Waals surface area contributed by atoms with E-state index < -0.39 is 0 Å². The second kappa shape index (κ2) is 6.76. The van der Waals surface area contributed by atoms with Crippen LogP contribution in [0.25, 0.3) is 0 Å². The minimum absolute atomic E-state index is 0.556. The Kier molecular flexibility index (Phi) is 5.02. The molecule has 1 aliphatic rings. The van der Waals surface area contributed by atoms with Crippen molar-refractivity contribution in [3.05, 3.63) is 29.8 Å². The molecule has 2 atom stereocenters. The van der Waals surface area contributed by atoms with Crippen LogP contribution in [-0.4, -0.2) is 33.4 Å². The minimum Gasteiger partial charge on any atom is -0.493 e. The zero-order valence-corrected chi connectivity index (χ0v) is 11.3. The Balaban J connectivity index is 1.77. The van der Waals surface area contributed by atoms with Gasteiger partial charge in [-0.3, -0.25) is 0 Å². The highest BCUT2D eigenvalue weighted by Crippen LogP contribution is 2.36. The Morgan fingerprint density at radius 2 is 2.28 bits per heavy atom. The summed E-state index contributed by atoms with van der Waals surface area (Å²) in [6.45, 7) is 5.88. The molecular weight excluding hydrogens is 226 g/mol. The molecule has 0 fully saturated rings. The van der Waals surface area contributed by atoms with Gasteiger partial charge >= 0.3 is 0 Å². The summed E-state index contributed by atoms with van der Waals surface area (Å²) < 4.78 is 10.7. The molecule has 0 radical (unpaired) electrons. The Morgan fingerprint density at radius 3 is 3.11 bits per heavy atom. The predicted molar refractivity (Wildman–Crippen MR) is 73.2 cm³/mol. The van der Waals surface area contributed by atoms with Gasteiger partial charge in [0.15, 0.2) is 0 Å². The van der Waals surface area contributed by atoms with Crippen molar-refractivity contribution in [2.24, 2.45) is 5.92 Å². The SMILES string of the molecule is COCCNCC(C)CC1COc2ccccc21. The lowest BCUT2D eigenvalue weighted by molar-refractivity contribution is 0.197. The molecule has 1 heterocycles. The average molecular weight is 249 g/mol. The van der Waals surface area contributed by atoms with E-state index in [1.165, 1.54) is 12.0 Å². The monoisotopic (exact) mass is 249 g/mol. The Bertz CT molecular complexity index is 367. The van der Waals surface area contributed by atoms with Crippen molar-refractivity contribution in [1.29, 1.82) is 0 Å². The first-order valence-corrected chi connectivity index (χ1v) is 6.72. The van der Waals surface area contributed by atoms with Gasteiger partial charge in [0.05, 0.1) is 13.2 Å². The fraction of sp³-hybridized carbons (Fsp3) is 0.600. The summed E-state index contributed by atoms with van der Waals surface area (Å²) in [6.07, 6.45) is 1.18. The first-order chi connectivity index (χ1) is 8.81. The molecule has 100 valence electrons. The van der Waals surface area contributed by atoms with Gasteiger partial charge in [-0.1, -0.05) is 25.1 Å². The van der Waals surface area contributed by atoms with Gasteiger partial charge in [-0.25, -0.2) is 0 Å². The van der Waals surface area contributed by atoms with Gasteiger partial charge in [0.1, 0.15) is 5.75 Å². The molecule has 2 rings (SSSR count). The number of nitrogens with one attached hydrogen (secondary N) is 1. The third-order valence-electron chi connectivity index (χ3n) is 3.46. The maximum absolute atomic E-state index is 5.71. The zero-order valence-electron chi connectivity index (χ0n) is 11.3. The maximum atomic E-state index is 5.71. The highest BCUT2D eigenvalue weighted by molar-refractivity contribution is 5.39. The fourth-order valence-electron chi connectivity index (χ4n) is 2.52. The molecule has 0 amide bonds. The molecular formula is C15H23NO2. The lowest BCUT2D eigenvalue weighted by Gasteiger charge is -2.16. The van der Waals surface area contributed by atoms with Gasteiger partial charge in [0.2, 0.25) is 0 Å². The smallest absolute Gasteiger partial charge is 0.122 e. The van der Waals surface area contributed by atoms with Crippen molar-refractivity contribution in [3.63, 3.8) is 0 Å². The average Bonchev–Trinajstić information content (AvgIpc) is 2.78. The van der Waals surface area contributed by atoms with Crippen molar-refractivity contribution in [1.82, 2.24) is 5.32 Å². The number of ether oxygens (including phenoxy) is 2. The van der Waals surface area contributed by atoms with E-state index >= 15 is 0 Å². The van der Waals surface area contributed by atoms with E-state index in [-0.39, 0.29) is 0 Å². The number of fused-ring (bicyclic) bond motifs is 1. The summed E-state index contributed by atoms with van der Waals surface area (Å²) in [5.41, 5.74) is 1.38. The van der Waals surface area contributed by atoms with E-state index in [9.17, 15) is 0 Å². The molecule has 1 aromatic rings. The van der Waals surface area contributed by atoms with Gasteiger partial charge in [0.25, 0.3) is 0 Å². The molecule has 2 unspecified atom stereocenters. The van der Waals surface area contributed by atoms with Gasteiger partial charge < -0.3 is 14.8 Å². The first-order valence-electron chi connectivity index (χ1n) is 6.72. The second-order valence-electron chi connectivity index (χ2n) is 5.08. The number of para-hydroxylation sites is 1. The first kappa shape index (κ1) is 13.4. The number of methoxy groups -OCH3 is 1. The van der Waals surface area contributed by atoms with E-state index in [4.69, 9.17) is 9.47 Å². The van der Waals surface area contributed by atoms with E-state index in [1.807, 2.05) is 6.07 Å². The maximum Gasteiger partial charge on any atom is 0.122 e. The molecule has 18 heavy (non-hydrogen) atoms. The van der Waals surface area contributed by atoms with Crippen LogP contribution in [0.4, 0.5) is 0 Å². The van der Waals surface area contributed by atoms with Crippen molar-refractivity contribution in [2.45, 2.75) is 19.3 Å². The number of benzene rings is 1. The summed E-state index contributed by atoms with van der Waals surface area (Å²) in [5, 5.41) is 3.42. The van der Waals surface area contributed by atoms with Gasteiger partial charge in [-0.05, 0) is 24.9 Å². The lowest BCUT2D eigenvalue weighted by atomic mass is 9.91. The standard InChI is InChI=1S/C15H23NO2/c1-12(10-16-7-8-17-2)9-13-11-18-15-6-4-3-5-14(13)15/h3-6,12-13,16H,7-11H2,1-2H3. The van der Waals surface area contributed by atoms with Gasteiger partial charge in [0, 0.05) is 25.1 Å². The van der Waals surface area contributed by atoms with Crippen LogP contribution in [0.2, 0.25) is 0 Å². The van der Waals surface area contributed by atoms with E-state index in [0.717, 1.165) is 32.1 Å². The minimum atomic E-state index is 0.556. The molecule has 0 bridgehead atoms. The molecule has 0 aromatic heterocycles. The molecule has 1 aromatic carbocycles. The van der Waals surface area contributed by atoms with Crippen molar-refractivity contribution in [2.75, 3.05) is 33.4 Å². The van der Waals surface area contributed by atoms with Gasteiger partial charge in [-0.15, -0.1) is 0 Å². The summed E-state index contributed by atoms with van der Waals surface area (Å²) in [5.74, 6) is 2.28. The second-order valence-corrected chi connectivity index (χ2v) is 5.08. The third kappa shape index (κ3) is 3.47. The Morgan fingerprint density at radius 1 is 1.44 bits per heavy atom. The van der Waals surface area contributed by atoms with Crippen LogP contribution in [0.15, 0.2) is 24.3 Å². The van der Waals surface area contributed by atoms with Crippen LogP contribution < -0.4 is 10.1 Å². The zero-order chi connectivity index (χ0) is 12.8. The normalized spacial score (nSPS) is 19.3. The predicted octanol–water partition coefficient (Wildman–Crippen LogP) is 2.42.